The number of halogens is 1. The number of rotatable bonds is 3. The normalized spacial score (nSPS) is 20.5. The Morgan fingerprint density at radius 1 is 1.43 bits per heavy atom. The number of hydrogen-bond acceptors (Lipinski definition) is 1. The van der Waals surface area contributed by atoms with Gasteiger partial charge in [0.2, 0.25) is 0 Å². The quantitative estimate of drug-likeness (QED) is 0.881. The van der Waals surface area contributed by atoms with Crippen molar-refractivity contribution in [1.29, 1.82) is 0 Å². The van der Waals surface area contributed by atoms with Crippen LogP contribution in [0.2, 0.25) is 0 Å². The molecule has 0 aromatic heterocycles. The standard InChI is InChI=1S/C12H16BrN/c1-9(8-14)12(6-7-12)10-4-2-3-5-11(10)13/h2-5,9H,6-8,14H2,1H3. The van der Waals surface area contributed by atoms with Crippen molar-refractivity contribution in [3.05, 3.63) is 34.3 Å². The van der Waals surface area contributed by atoms with Crippen molar-refractivity contribution in [2.45, 2.75) is 25.2 Å². The van der Waals surface area contributed by atoms with E-state index in [9.17, 15) is 0 Å². The molecule has 1 saturated carbocycles. The summed E-state index contributed by atoms with van der Waals surface area (Å²) in [7, 11) is 0. The molecular weight excluding hydrogens is 238 g/mol. The van der Waals surface area contributed by atoms with Gasteiger partial charge in [0.05, 0.1) is 0 Å². The number of nitrogens with two attached hydrogens (primary N) is 1. The molecular formula is C12H16BrN. The molecule has 0 aliphatic heterocycles. The summed E-state index contributed by atoms with van der Waals surface area (Å²) in [5, 5.41) is 0. The second kappa shape index (κ2) is 3.67. The van der Waals surface area contributed by atoms with Crippen molar-refractivity contribution in [2.75, 3.05) is 6.54 Å². The maximum atomic E-state index is 5.77. The van der Waals surface area contributed by atoms with Crippen LogP contribution in [0, 0.1) is 5.92 Å². The van der Waals surface area contributed by atoms with Crippen LogP contribution in [0.15, 0.2) is 28.7 Å². The van der Waals surface area contributed by atoms with E-state index in [-0.39, 0.29) is 0 Å². The molecule has 1 aliphatic rings. The molecule has 1 atom stereocenters. The lowest BCUT2D eigenvalue weighted by Gasteiger charge is -2.23. The average molecular weight is 254 g/mol. The summed E-state index contributed by atoms with van der Waals surface area (Å²) < 4.78 is 1.23. The molecule has 1 nitrogen and oxygen atoms in total. The molecule has 2 N–H and O–H groups in total. The summed E-state index contributed by atoms with van der Waals surface area (Å²) in [6, 6.07) is 8.53. The first-order valence-electron chi connectivity index (χ1n) is 5.16. The van der Waals surface area contributed by atoms with Crippen LogP contribution in [0.4, 0.5) is 0 Å². The zero-order chi connectivity index (χ0) is 10.2. The van der Waals surface area contributed by atoms with Gasteiger partial charge in [-0.15, -0.1) is 0 Å². The third kappa shape index (κ3) is 1.51. The van der Waals surface area contributed by atoms with E-state index in [4.69, 9.17) is 5.73 Å². The van der Waals surface area contributed by atoms with Crippen molar-refractivity contribution >= 4 is 15.9 Å². The molecule has 1 fully saturated rings. The monoisotopic (exact) mass is 253 g/mol. The van der Waals surface area contributed by atoms with Crippen LogP contribution < -0.4 is 5.73 Å². The predicted octanol–water partition coefficient (Wildman–Crippen LogP) is 3.08. The van der Waals surface area contributed by atoms with E-state index < -0.39 is 0 Å². The molecule has 0 spiro atoms. The molecule has 1 aromatic rings. The maximum absolute atomic E-state index is 5.77. The van der Waals surface area contributed by atoms with E-state index in [0.717, 1.165) is 6.54 Å². The SMILES string of the molecule is CC(CN)C1(c2ccccc2Br)CC1. The lowest BCUT2D eigenvalue weighted by molar-refractivity contribution is 0.449. The van der Waals surface area contributed by atoms with E-state index in [2.05, 4.69) is 47.1 Å². The fourth-order valence-electron chi connectivity index (χ4n) is 2.25. The maximum Gasteiger partial charge on any atom is 0.0213 e. The van der Waals surface area contributed by atoms with E-state index in [1.807, 2.05) is 0 Å². The molecule has 0 heterocycles. The summed E-state index contributed by atoms with van der Waals surface area (Å²) in [5.74, 6) is 0.584. The Morgan fingerprint density at radius 3 is 2.57 bits per heavy atom. The summed E-state index contributed by atoms with van der Waals surface area (Å²) >= 11 is 3.63. The highest BCUT2D eigenvalue weighted by atomic mass is 79.9. The summed E-state index contributed by atoms with van der Waals surface area (Å²) in [6.07, 6.45) is 2.57. The van der Waals surface area contributed by atoms with E-state index >= 15 is 0 Å². The average Bonchev–Trinajstić information content (AvgIpc) is 2.98. The predicted molar refractivity (Wildman–Crippen MR) is 63.3 cm³/mol. The van der Waals surface area contributed by atoms with Crippen molar-refractivity contribution < 1.29 is 0 Å². The smallest absolute Gasteiger partial charge is 0.0213 e. The first-order valence-corrected chi connectivity index (χ1v) is 5.95. The first-order chi connectivity index (χ1) is 6.70. The van der Waals surface area contributed by atoms with Crippen LogP contribution in [-0.4, -0.2) is 6.54 Å². The van der Waals surface area contributed by atoms with Crippen LogP contribution in [-0.2, 0) is 5.41 Å². The molecule has 2 heteroatoms. The summed E-state index contributed by atoms with van der Waals surface area (Å²) in [6.45, 7) is 3.04. The van der Waals surface area contributed by atoms with Crippen molar-refractivity contribution in [1.82, 2.24) is 0 Å². The van der Waals surface area contributed by atoms with E-state index in [1.54, 1.807) is 0 Å². The second-order valence-corrected chi connectivity index (χ2v) is 5.13. The van der Waals surface area contributed by atoms with Crippen molar-refractivity contribution in [3.8, 4) is 0 Å². The molecule has 1 aliphatic carbocycles. The van der Waals surface area contributed by atoms with Crippen LogP contribution in [0.5, 0.6) is 0 Å². The number of benzene rings is 1. The molecule has 14 heavy (non-hydrogen) atoms. The van der Waals surface area contributed by atoms with Gasteiger partial charge in [0.15, 0.2) is 0 Å². The first kappa shape index (κ1) is 10.2. The van der Waals surface area contributed by atoms with Gasteiger partial charge in [-0.1, -0.05) is 41.1 Å². The van der Waals surface area contributed by atoms with Crippen molar-refractivity contribution in [2.24, 2.45) is 11.7 Å². The molecule has 76 valence electrons. The van der Waals surface area contributed by atoms with Crippen LogP contribution in [0.3, 0.4) is 0 Å². The van der Waals surface area contributed by atoms with Gasteiger partial charge < -0.3 is 5.73 Å². The third-order valence-electron chi connectivity index (χ3n) is 3.50. The third-order valence-corrected chi connectivity index (χ3v) is 4.19. The van der Waals surface area contributed by atoms with Crippen LogP contribution in [0.1, 0.15) is 25.3 Å². The van der Waals surface area contributed by atoms with Gasteiger partial charge in [-0.2, -0.15) is 0 Å². The van der Waals surface area contributed by atoms with Crippen LogP contribution in [0.25, 0.3) is 0 Å². The Bertz CT molecular complexity index is 331. The summed E-state index contributed by atoms with van der Waals surface area (Å²) in [4.78, 5) is 0. The molecule has 1 aromatic carbocycles. The molecule has 0 bridgehead atoms. The van der Waals surface area contributed by atoms with Gasteiger partial charge in [-0.25, -0.2) is 0 Å². The lowest BCUT2D eigenvalue weighted by atomic mass is 9.84. The minimum Gasteiger partial charge on any atom is -0.330 e. The van der Waals surface area contributed by atoms with Crippen molar-refractivity contribution in [3.63, 3.8) is 0 Å². The molecule has 0 saturated heterocycles. The van der Waals surface area contributed by atoms with Gasteiger partial charge in [0, 0.05) is 9.89 Å². The molecule has 0 radical (unpaired) electrons. The largest absolute Gasteiger partial charge is 0.330 e. The fraction of sp³-hybridized carbons (Fsp3) is 0.500. The topological polar surface area (TPSA) is 26.0 Å². The van der Waals surface area contributed by atoms with E-state index in [0.29, 0.717) is 11.3 Å². The van der Waals surface area contributed by atoms with Gasteiger partial charge in [0.25, 0.3) is 0 Å². The molecule has 1 unspecified atom stereocenters. The fourth-order valence-corrected chi connectivity index (χ4v) is 2.93. The Balaban J connectivity index is 2.35. The highest BCUT2D eigenvalue weighted by molar-refractivity contribution is 9.10. The Kier molecular flexibility index (Phi) is 2.67. The van der Waals surface area contributed by atoms with Gasteiger partial charge in [-0.05, 0) is 36.9 Å². The second-order valence-electron chi connectivity index (χ2n) is 4.27. The van der Waals surface area contributed by atoms with Gasteiger partial charge in [0.1, 0.15) is 0 Å². The zero-order valence-corrected chi connectivity index (χ0v) is 10.0. The minimum atomic E-state index is 0.370. The molecule has 0 amide bonds. The van der Waals surface area contributed by atoms with E-state index in [1.165, 1.54) is 22.9 Å². The Morgan fingerprint density at radius 2 is 2.07 bits per heavy atom. The lowest BCUT2D eigenvalue weighted by Crippen LogP contribution is -2.25. The minimum absolute atomic E-state index is 0.370. The Labute approximate surface area is 93.8 Å². The Hall–Kier alpha value is -0.340. The highest BCUT2D eigenvalue weighted by Crippen LogP contribution is 2.55. The van der Waals surface area contributed by atoms with Crippen LogP contribution >= 0.6 is 15.9 Å². The summed E-state index contributed by atoms with van der Waals surface area (Å²) in [5.41, 5.74) is 7.58. The van der Waals surface area contributed by atoms with Gasteiger partial charge in [-0.3, -0.25) is 0 Å². The zero-order valence-electron chi connectivity index (χ0n) is 8.46. The van der Waals surface area contributed by atoms with Gasteiger partial charge >= 0.3 is 0 Å². The number of hydrogen-bond donors (Lipinski definition) is 1. The molecule has 2 rings (SSSR count). The highest BCUT2D eigenvalue weighted by Gasteiger charge is 2.48.